The van der Waals surface area contributed by atoms with Crippen LogP contribution >= 0.6 is 11.3 Å². The molecule has 98 valence electrons. The van der Waals surface area contributed by atoms with Gasteiger partial charge in [-0.3, -0.25) is 9.59 Å². The highest BCUT2D eigenvalue weighted by Crippen LogP contribution is 2.25. The van der Waals surface area contributed by atoms with E-state index in [1.54, 1.807) is 0 Å². The Kier molecular flexibility index (Phi) is 4.36. The molecule has 2 rings (SSSR count). The summed E-state index contributed by atoms with van der Waals surface area (Å²) in [6.07, 6.45) is 3.27. The van der Waals surface area contributed by atoms with Crippen LogP contribution in [0.5, 0.6) is 0 Å². The van der Waals surface area contributed by atoms with Crippen LogP contribution in [-0.4, -0.2) is 25.0 Å². The summed E-state index contributed by atoms with van der Waals surface area (Å²) in [5, 5.41) is 6.75. The minimum absolute atomic E-state index is 0.00398. The van der Waals surface area contributed by atoms with E-state index in [2.05, 4.69) is 5.32 Å². The average Bonchev–Trinajstić information content (AvgIpc) is 2.92. The predicted molar refractivity (Wildman–Crippen MR) is 69.5 cm³/mol. The number of hydrogen-bond acceptors (Lipinski definition) is 4. The number of carbonyl (C=O) groups is 2. The number of rotatable bonds is 3. The molecule has 0 bridgehead atoms. The van der Waals surface area contributed by atoms with E-state index in [1.807, 2.05) is 16.8 Å². The van der Waals surface area contributed by atoms with Crippen LogP contribution in [0.4, 0.5) is 0 Å². The van der Waals surface area contributed by atoms with Gasteiger partial charge >= 0.3 is 5.97 Å². The summed E-state index contributed by atoms with van der Waals surface area (Å²) in [7, 11) is 1.42. The van der Waals surface area contributed by atoms with Crippen molar-refractivity contribution >= 4 is 23.2 Å². The van der Waals surface area contributed by atoms with Crippen molar-refractivity contribution in [3.8, 4) is 0 Å². The molecule has 1 N–H and O–H groups in total. The first-order chi connectivity index (χ1) is 8.70. The van der Waals surface area contributed by atoms with Crippen molar-refractivity contribution < 1.29 is 14.3 Å². The van der Waals surface area contributed by atoms with Gasteiger partial charge in [-0.1, -0.05) is 0 Å². The molecule has 1 amide bonds. The maximum atomic E-state index is 11.8. The average molecular weight is 267 g/mol. The molecule has 0 atom stereocenters. The molecular formula is C13H17NO3S. The Bertz CT molecular complexity index is 408. The smallest absolute Gasteiger partial charge is 0.308 e. The lowest BCUT2D eigenvalue weighted by Crippen LogP contribution is -2.38. The second-order valence-electron chi connectivity index (χ2n) is 4.56. The van der Waals surface area contributed by atoms with Crippen LogP contribution in [-0.2, 0) is 9.53 Å². The van der Waals surface area contributed by atoms with E-state index in [0.29, 0.717) is 0 Å². The second-order valence-corrected chi connectivity index (χ2v) is 5.34. The highest BCUT2D eigenvalue weighted by atomic mass is 32.1. The molecule has 1 fully saturated rings. The maximum Gasteiger partial charge on any atom is 0.308 e. The van der Waals surface area contributed by atoms with E-state index >= 15 is 0 Å². The number of thiophene rings is 1. The Morgan fingerprint density at radius 1 is 1.33 bits per heavy atom. The Hall–Kier alpha value is -1.36. The van der Waals surface area contributed by atoms with Gasteiger partial charge in [0.1, 0.15) is 0 Å². The maximum absolute atomic E-state index is 11.8. The van der Waals surface area contributed by atoms with Crippen molar-refractivity contribution in [1.29, 1.82) is 0 Å². The van der Waals surface area contributed by atoms with Crippen molar-refractivity contribution in [1.82, 2.24) is 5.32 Å². The Morgan fingerprint density at radius 3 is 2.61 bits per heavy atom. The number of methoxy groups -OCH3 is 1. The number of amides is 1. The number of nitrogens with one attached hydrogen (secondary N) is 1. The quantitative estimate of drug-likeness (QED) is 0.854. The Labute approximate surface area is 110 Å². The van der Waals surface area contributed by atoms with E-state index in [0.717, 1.165) is 31.2 Å². The molecule has 1 heterocycles. The third-order valence-electron chi connectivity index (χ3n) is 3.38. The molecule has 1 aromatic rings. The van der Waals surface area contributed by atoms with Gasteiger partial charge in [0.05, 0.1) is 13.0 Å². The fraction of sp³-hybridized carbons (Fsp3) is 0.538. The molecular weight excluding hydrogens is 250 g/mol. The summed E-state index contributed by atoms with van der Waals surface area (Å²) in [5.41, 5.74) is 0.718. The van der Waals surface area contributed by atoms with Crippen molar-refractivity contribution in [2.24, 2.45) is 5.92 Å². The van der Waals surface area contributed by atoms with Crippen molar-refractivity contribution in [2.45, 2.75) is 31.7 Å². The minimum atomic E-state index is -0.127. The zero-order valence-corrected chi connectivity index (χ0v) is 11.2. The van der Waals surface area contributed by atoms with Gasteiger partial charge in [-0.2, -0.15) is 11.3 Å². The van der Waals surface area contributed by atoms with E-state index in [-0.39, 0.29) is 23.8 Å². The monoisotopic (exact) mass is 267 g/mol. The third-order valence-corrected chi connectivity index (χ3v) is 4.06. The van der Waals surface area contributed by atoms with Gasteiger partial charge in [0.2, 0.25) is 0 Å². The molecule has 5 heteroatoms. The molecule has 18 heavy (non-hydrogen) atoms. The number of hydrogen-bond donors (Lipinski definition) is 1. The topological polar surface area (TPSA) is 55.4 Å². The lowest BCUT2D eigenvalue weighted by Gasteiger charge is -2.27. The molecule has 1 aliphatic rings. The van der Waals surface area contributed by atoms with Gasteiger partial charge in [0.15, 0.2) is 0 Å². The normalized spacial score (nSPS) is 23.4. The summed E-state index contributed by atoms with van der Waals surface area (Å²) in [5.74, 6) is -0.139. The molecule has 0 aliphatic heterocycles. The van der Waals surface area contributed by atoms with Crippen molar-refractivity contribution in [2.75, 3.05) is 7.11 Å². The zero-order valence-electron chi connectivity index (χ0n) is 10.3. The SMILES string of the molecule is COC(=O)C1CCC(NC(=O)c2ccsc2)CC1. The summed E-state index contributed by atoms with van der Waals surface area (Å²) in [6.45, 7) is 0. The molecule has 0 unspecified atom stereocenters. The van der Waals surface area contributed by atoms with Gasteiger partial charge < -0.3 is 10.1 Å². The lowest BCUT2D eigenvalue weighted by atomic mass is 9.86. The Balaban J connectivity index is 1.80. The number of ether oxygens (including phenoxy) is 1. The van der Waals surface area contributed by atoms with E-state index in [1.165, 1.54) is 18.4 Å². The van der Waals surface area contributed by atoms with Gasteiger partial charge in [0.25, 0.3) is 5.91 Å². The van der Waals surface area contributed by atoms with Gasteiger partial charge in [-0.25, -0.2) is 0 Å². The van der Waals surface area contributed by atoms with Gasteiger partial charge in [-0.15, -0.1) is 0 Å². The number of esters is 1. The molecule has 1 aliphatic carbocycles. The van der Waals surface area contributed by atoms with Gasteiger partial charge in [0, 0.05) is 17.0 Å². The fourth-order valence-electron chi connectivity index (χ4n) is 2.30. The lowest BCUT2D eigenvalue weighted by molar-refractivity contribution is -0.146. The van der Waals surface area contributed by atoms with Crippen LogP contribution in [0.3, 0.4) is 0 Å². The third kappa shape index (κ3) is 3.10. The van der Waals surface area contributed by atoms with Crippen molar-refractivity contribution in [3.63, 3.8) is 0 Å². The molecule has 1 aromatic heterocycles. The Morgan fingerprint density at radius 2 is 2.06 bits per heavy atom. The van der Waals surface area contributed by atoms with Crippen LogP contribution < -0.4 is 5.32 Å². The standard InChI is InChI=1S/C13H17NO3S/c1-17-13(16)9-2-4-11(5-3-9)14-12(15)10-6-7-18-8-10/h6-9,11H,2-5H2,1H3,(H,14,15). The largest absolute Gasteiger partial charge is 0.469 e. The first-order valence-electron chi connectivity index (χ1n) is 6.11. The van der Waals surface area contributed by atoms with Crippen LogP contribution in [0.25, 0.3) is 0 Å². The summed E-state index contributed by atoms with van der Waals surface area (Å²) in [6, 6.07) is 2.00. The predicted octanol–water partition coefficient (Wildman–Crippen LogP) is 2.21. The van der Waals surface area contributed by atoms with Gasteiger partial charge in [-0.05, 0) is 37.1 Å². The molecule has 0 spiro atoms. The first kappa shape index (κ1) is 13.1. The van der Waals surface area contributed by atoms with Crippen LogP contribution in [0.1, 0.15) is 36.0 Å². The molecule has 0 aromatic carbocycles. The second kappa shape index (κ2) is 6.00. The highest BCUT2D eigenvalue weighted by Gasteiger charge is 2.27. The highest BCUT2D eigenvalue weighted by molar-refractivity contribution is 7.08. The first-order valence-corrected chi connectivity index (χ1v) is 7.06. The van der Waals surface area contributed by atoms with Crippen LogP contribution in [0.15, 0.2) is 16.8 Å². The fourth-order valence-corrected chi connectivity index (χ4v) is 2.94. The van der Waals surface area contributed by atoms with Crippen LogP contribution in [0.2, 0.25) is 0 Å². The molecule has 0 saturated heterocycles. The summed E-state index contributed by atoms with van der Waals surface area (Å²) >= 11 is 1.52. The summed E-state index contributed by atoms with van der Waals surface area (Å²) < 4.78 is 4.74. The van der Waals surface area contributed by atoms with Crippen LogP contribution in [0, 0.1) is 5.92 Å². The summed E-state index contributed by atoms with van der Waals surface area (Å²) in [4.78, 5) is 23.2. The molecule has 1 saturated carbocycles. The zero-order chi connectivity index (χ0) is 13.0. The number of carbonyl (C=O) groups excluding carboxylic acids is 2. The van der Waals surface area contributed by atoms with Crippen molar-refractivity contribution in [3.05, 3.63) is 22.4 Å². The molecule has 4 nitrogen and oxygen atoms in total. The van der Waals surface area contributed by atoms with E-state index in [9.17, 15) is 9.59 Å². The van der Waals surface area contributed by atoms with E-state index < -0.39 is 0 Å². The molecule has 0 radical (unpaired) electrons. The van der Waals surface area contributed by atoms with E-state index in [4.69, 9.17) is 4.74 Å². The minimum Gasteiger partial charge on any atom is -0.469 e.